The van der Waals surface area contributed by atoms with Gasteiger partial charge >= 0.3 is 0 Å². The number of methoxy groups -OCH3 is 1. The Bertz CT molecular complexity index is 542. The smallest absolute Gasteiger partial charge is 0.260 e. The van der Waals surface area contributed by atoms with Crippen LogP contribution in [0.4, 0.5) is 0 Å². The fraction of sp³-hybridized carbons (Fsp3) is 0.467. The van der Waals surface area contributed by atoms with Crippen molar-refractivity contribution in [3.63, 3.8) is 0 Å². The Morgan fingerprint density at radius 2 is 2.29 bits per heavy atom. The molecule has 0 fully saturated rings. The number of nitrogens with one attached hydrogen (secondary N) is 1. The van der Waals surface area contributed by atoms with Crippen molar-refractivity contribution in [2.75, 3.05) is 20.3 Å². The van der Waals surface area contributed by atoms with E-state index in [0.717, 1.165) is 17.5 Å². The molecule has 0 aromatic heterocycles. The van der Waals surface area contributed by atoms with Crippen LogP contribution in [0.2, 0.25) is 0 Å². The van der Waals surface area contributed by atoms with E-state index >= 15 is 0 Å². The fourth-order valence-electron chi connectivity index (χ4n) is 2.35. The summed E-state index contributed by atoms with van der Waals surface area (Å²) in [6.45, 7) is 2.63. The molecule has 114 valence electrons. The first-order chi connectivity index (χ1) is 10.2. The topological polar surface area (TPSA) is 80.2 Å². The third-order valence-corrected chi connectivity index (χ3v) is 3.45. The van der Waals surface area contributed by atoms with Crippen LogP contribution in [0.3, 0.4) is 0 Å². The molecule has 1 aromatic carbocycles. The van der Waals surface area contributed by atoms with Gasteiger partial charge in [-0.3, -0.25) is 4.79 Å². The van der Waals surface area contributed by atoms with Crippen molar-refractivity contribution in [1.82, 2.24) is 5.32 Å². The molecule has 2 rings (SSSR count). The van der Waals surface area contributed by atoms with Crippen LogP contribution < -0.4 is 10.1 Å². The molecule has 21 heavy (non-hydrogen) atoms. The zero-order valence-corrected chi connectivity index (χ0v) is 12.3. The molecule has 1 atom stereocenters. The molecule has 2 N–H and O–H groups in total. The van der Waals surface area contributed by atoms with E-state index in [1.165, 1.54) is 0 Å². The standard InChI is InChI=1S/C15H20N2O4/c1-10(15(18)16-8-9-20-2)21-14-5-3-4-11-12(14)6-7-13(11)17-19/h3-5,10,19H,6-9H2,1-2H3,(H,16,18). The summed E-state index contributed by atoms with van der Waals surface area (Å²) in [4.78, 5) is 11.9. The predicted octanol–water partition coefficient (Wildman–Crippen LogP) is 1.34. The first-order valence-electron chi connectivity index (χ1n) is 6.94. The van der Waals surface area contributed by atoms with Gasteiger partial charge in [0.1, 0.15) is 5.75 Å². The average molecular weight is 292 g/mol. The third kappa shape index (κ3) is 3.52. The Labute approximate surface area is 123 Å². The van der Waals surface area contributed by atoms with E-state index in [2.05, 4.69) is 10.5 Å². The van der Waals surface area contributed by atoms with Gasteiger partial charge in [0.25, 0.3) is 5.91 Å². The monoisotopic (exact) mass is 292 g/mol. The number of hydrogen-bond donors (Lipinski definition) is 2. The molecule has 0 bridgehead atoms. The minimum Gasteiger partial charge on any atom is -0.481 e. The number of oxime groups is 1. The van der Waals surface area contributed by atoms with Gasteiger partial charge in [-0.1, -0.05) is 17.3 Å². The van der Waals surface area contributed by atoms with E-state index in [0.29, 0.717) is 31.0 Å². The van der Waals surface area contributed by atoms with Crippen molar-refractivity contribution in [2.45, 2.75) is 25.9 Å². The first kappa shape index (κ1) is 15.3. The minimum atomic E-state index is -0.594. The maximum atomic E-state index is 11.9. The lowest BCUT2D eigenvalue weighted by Gasteiger charge is -2.16. The van der Waals surface area contributed by atoms with Crippen molar-refractivity contribution in [2.24, 2.45) is 5.16 Å². The zero-order valence-electron chi connectivity index (χ0n) is 12.3. The summed E-state index contributed by atoms with van der Waals surface area (Å²) in [6.07, 6.45) is 0.840. The maximum Gasteiger partial charge on any atom is 0.260 e. The largest absolute Gasteiger partial charge is 0.481 e. The molecule has 1 amide bonds. The van der Waals surface area contributed by atoms with Gasteiger partial charge < -0.3 is 20.0 Å². The number of benzene rings is 1. The minimum absolute atomic E-state index is 0.182. The molecule has 1 aromatic rings. The number of carbonyl (C=O) groups is 1. The van der Waals surface area contributed by atoms with Crippen LogP contribution in [0.15, 0.2) is 23.4 Å². The summed E-state index contributed by atoms with van der Waals surface area (Å²) in [7, 11) is 1.58. The Hall–Kier alpha value is -2.08. The molecule has 0 heterocycles. The lowest BCUT2D eigenvalue weighted by molar-refractivity contribution is -0.127. The van der Waals surface area contributed by atoms with Gasteiger partial charge in [-0.2, -0.15) is 0 Å². The van der Waals surface area contributed by atoms with Gasteiger partial charge in [0.15, 0.2) is 6.10 Å². The first-order valence-corrected chi connectivity index (χ1v) is 6.94. The lowest BCUT2D eigenvalue weighted by Crippen LogP contribution is -2.38. The number of hydrogen-bond acceptors (Lipinski definition) is 5. The van der Waals surface area contributed by atoms with Crippen LogP contribution in [0.5, 0.6) is 5.75 Å². The van der Waals surface area contributed by atoms with Crippen molar-refractivity contribution in [3.8, 4) is 5.75 Å². The molecule has 1 unspecified atom stereocenters. The molecule has 0 saturated heterocycles. The third-order valence-electron chi connectivity index (χ3n) is 3.45. The van der Waals surface area contributed by atoms with Crippen LogP contribution in [0.25, 0.3) is 0 Å². The number of fused-ring (bicyclic) bond motifs is 1. The highest BCUT2D eigenvalue weighted by Gasteiger charge is 2.23. The second-order valence-corrected chi connectivity index (χ2v) is 4.87. The molecule has 0 spiro atoms. The van der Waals surface area contributed by atoms with E-state index in [-0.39, 0.29) is 5.91 Å². The molecular weight excluding hydrogens is 272 g/mol. The normalized spacial score (nSPS) is 16.6. The summed E-state index contributed by atoms with van der Waals surface area (Å²) in [5.41, 5.74) is 2.54. The quantitative estimate of drug-likeness (QED) is 0.471. The summed E-state index contributed by atoms with van der Waals surface area (Å²) in [5, 5.41) is 15.0. The van der Waals surface area contributed by atoms with Crippen LogP contribution in [-0.2, 0) is 16.0 Å². The zero-order chi connectivity index (χ0) is 15.2. The molecule has 0 aliphatic heterocycles. The average Bonchev–Trinajstić information content (AvgIpc) is 2.91. The number of amides is 1. The van der Waals surface area contributed by atoms with Gasteiger partial charge in [0.2, 0.25) is 0 Å². The predicted molar refractivity (Wildman–Crippen MR) is 78.1 cm³/mol. The summed E-state index contributed by atoms with van der Waals surface area (Å²) < 4.78 is 10.6. The fourth-order valence-corrected chi connectivity index (χ4v) is 2.35. The number of ether oxygens (including phenoxy) is 2. The second-order valence-electron chi connectivity index (χ2n) is 4.87. The number of rotatable bonds is 6. The number of carbonyl (C=O) groups excluding carboxylic acids is 1. The Morgan fingerprint density at radius 1 is 1.48 bits per heavy atom. The SMILES string of the molecule is COCCNC(=O)C(C)Oc1cccc2c1CCC2=NO. The van der Waals surface area contributed by atoms with E-state index in [1.54, 1.807) is 14.0 Å². The van der Waals surface area contributed by atoms with Gasteiger partial charge in [0.05, 0.1) is 12.3 Å². The molecule has 0 radical (unpaired) electrons. The molecular formula is C15H20N2O4. The van der Waals surface area contributed by atoms with Crippen LogP contribution in [0, 0.1) is 0 Å². The van der Waals surface area contributed by atoms with Crippen LogP contribution >= 0.6 is 0 Å². The molecule has 6 heteroatoms. The molecule has 1 aliphatic rings. The van der Waals surface area contributed by atoms with Gasteiger partial charge in [0, 0.05) is 24.8 Å². The summed E-state index contributed by atoms with van der Waals surface area (Å²) in [5.74, 6) is 0.485. The highest BCUT2D eigenvalue weighted by atomic mass is 16.5. The van der Waals surface area contributed by atoms with Crippen LogP contribution in [-0.4, -0.2) is 43.2 Å². The Kier molecular flexibility index (Phi) is 5.16. The molecule has 6 nitrogen and oxygen atoms in total. The van der Waals surface area contributed by atoms with E-state index in [1.807, 2.05) is 18.2 Å². The molecule has 1 aliphatic carbocycles. The van der Waals surface area contributed by atoms with Crippen molar-refractivity contribution in [3.05, 3.63) is 29.3 Å². The lowest BCUT2D eigenvalue weighted by atomic mass is 10.1. The summed E-state index contributed by atoms with van der Waals surface area (Å²) >= 11 is 0. The highest BCUT2D eigenvalue weighted by Crippen LogP contribution is 2.31. The van der Waals surface area contributed by atoms with Crippen molar-refractivity contribution < 1.29 is 19.5 Å². The van der Waals surface area contributed by atoms with E-state index in [4.69, 9.17) is 14.7 Å². The van der Waals surface area contributed by atoms with Gasteiger partial charge in [-0.15, -0.1) is 0 Å². The van der Waals surface area contributed by atoms with Crippen molar-refractivity contribution >= 4 is 11.6 Å². The van der Waals surface area contributed by atoms with E-state index in [9.17, 15) is 4.79 Å². The Balaban J connectivity index is 2.04. The molecule has 0 saturated carbocycles. The number of nitrogens with zero attached hydrogens (tertiary/aromatic N) is 1. The van der Waals surface area contributed by atoms with E-state index < -0.39 is 6.10 Å². The Morgan fingerprint density at radius 3 is 3.00 bits per heavy atom. The highest BCUT2D eigenvalue weighted by molar-refractivity contribution is 6.04. The van der Waals surface area contributed by atoms with Crippen LogP contribution in [0.1, 0.15) is 24.5 Å². The summed E-state index contributed by atoms with van der Waals surface area (Å²) in [6, 6.07) is 5.56. The van der Waals surface area contributed by atoms with Gasteiger partial charge in [-0.25, -0.2) is 0 Å². The van der Waals surface area contributed by atoms with Gasteiger partial charge in [-0.05, 0) is 25.8 Å². The maximum absolute atomic E-state index is 11.9. The second kappa shape index (κ2) is 7.08. The van der Waals surface area contributed by atoms with Crippen molar-refractivity contribution in [1.29, 1.82) is 0 Å².